The summed E-state index contributed by atoms with van der Waals surface area (Å²) < 4.78 is 0. The Morgan fingerprint density at radius 2 is 2.10 bits per heavy atom. The zero-order chi connectivity index (χ0) is 13.9. The number of thiazole rings is 1. The predicted molar refractivity (Wildman–Crippen MR) is 80.4 cm³/mol. The first-order chi connectivity index (χ1) is 9.72. The third-order valence-electron chi connectivity index (χ3n) is 2.58. The molecule has 3 aromatic rings. The summed E-state index contributed by atoms with van der Waals surface area (Å²) in [6.07, 6.45) is 5.10. The fourth-order valence-corrected chi connectivity index (χ4v) is 2.35. The molecule has 0 aromatic carbocycles. The summed E-state index contributed by atoms with van der Waals surface area (Å²) in [6, 6.07) is 3.73. The highest BCUT2D eigenvalue weighted by Crippen LogP contribution is 2.22. The fraction of sp³-hybridized carbons (Fsp3) is 0.0769. The highest BCUT2D eigenvalue weighted by atomic mass is 35.5. The SMILES string of the molecule is Cc1cc(Nc2nccc(-c3nccs3)n2)cnc1Cl. The Kier molecular flexibility index (Phi) is 3.58. The highest BCUT2D eigenvalue weighted by molar-refractivity contribution is 7.13. The van der Waals surface area contributed by atoms with E-state index in [9.17, 15) is 0 Å². The molecule has 100 valence electrons. The van der Waals surface area contributed by atoms with Crippen LogP contribution in [-0.2, 0) is 0 Å². The number of aromatic nitrogens is 4. The lowest BCUT2D eigenvalue weighted by Gasteiger charge is -2.06. The van der Waals surface area contributed by atoms with Gasteiger partial charge in [0.25, 0.3) is 0 Å². The lowest BCUT2D eigenvalue weighted by atomic mass is 10.3. The second kappa shape index (κ2) is 5.52. The quantitative estimate of drug-likeness (QED) is 0.747. The van der Waals surface area contributed by atoms with Gasteiger partial charge < -0.3 is 5.32 Å². The summed E-state index contributed by atoms with van der Waals surface area (Å²) in [5, 5.41) is 6.38. The molecule has 0 amide bonds. The molecule has 3 rings (SSSR count). The van der Waals surface area contributed by atoms with Crippen molar-refractivity contribution in [2.45, 2.75) is 6.92 Å². The number of hydrogen-bond acceptors (Lipinski definition) is 6. The molecule has 0 bridgehead atoms. The molecular formula is C13H10ClN5S. The summed E-state index contributed by atoms with van der Waals surface area (Å²) in [6.45, 7) is 1.90. The molecule has 0 aliphatic rings. The van der Waals surface area contributed by atoms with Crippen LogP contribution in [0.1, 0.15) is 5.56 Å². The standard InChI is InChI=1S/C13H10ClN5S/c1-8-6-9(7-17-11(8)14)18-13-16-3-2-10(19-13)12-15-4-5-20-12/h2-7H,1H3,(H,16,18,19). The number of hydrogen-bond donors (Lipinski definition) is 1. The smallest absolute Gasteiger partial charge is 0.227 e. The van der Waals surface area contributed by atoms with Crippen molar-refractivity contribution in [2.24, 2.45) is 0 Å². The third-order valence-corrected chi connectivity index (χ3v) is 3.77. The van der Waals surface area contributed by atoms with E-state index in [0.29, 0.717) is 11.1 Å². The number of nitrogens with zero attached hydrogens (tertiary/aromatic N) is 4. The molecule has 0 atom stereocenters. The first kappa shape index (κ1) is 13.0. The first-order valence-corrected chi connectivity index (χ1v) is 7.10. The first-order valence-electron chi connectivity index (χ1n) is 5.84. The number of pyridine rings is 1. The maximum absolute atomic E-state index is 5.90. The van der Waals surface area contributed by atoms with Crippen LogP contribution in [0.15, 0.2) is 36.1 Å². The summed E-state index contributed by atoms with van der Waals surface area (Å²) in [5.74, 6) is 0.501. The molecule has 0 aliphatic carbocycles. The molecule has 0 unspecified atom stereocenters. The lowest BCUT2D eigenvalue weighted by Crippen LogP contribution is -1.98. The lowest BCUT2D eigenvalue weighted by molar-refractivity contribution is 1.15. The molecule has 3 aromatic heterocycles. The molecule has 1 N–H and O–H groups in total. The van der Waals surface area contributed by atoms with E-state index in [4.69, 9.17) is 11.6 Å². The van der Waals surface area contributed by atoms with Gasteiger partial charge in [0.2, 0.25) is 5.95 Å². The second-order valence-corrected chi connectivity index (χ2v) is 5.31. The van der Waals surface area contributed by atoms with Crippen LogP contribution in [0.4, 0.5) is 11.6 Å². The summed E-state index contributed by atoms with van der Waals surface area (Å²) in [7, 11) is 0. The average Bonchev–Trinajstić information content (AvgIpc) is 2.97. The van der Waals surface area contributed by atoms with E-state index >= 15 is 0 Å². The fourth-order valence-electron chi connectivity index (χ4n) is 1.64. The average molecular weight is 304 g/mol. The Morgan fingerprint density at radius 3 is 2.85 bits per heavy atom. The number of halogens is 1. The molecule has 0 saturated carbocycles. The van der Waals surface area contributed by atoms with E-state index in [2.05, 4.69) is 25.3 Å². The van der Waals surface area contributed by atoms with Gasteiger partial charge in [-0.25, -0.2) is 19.9 Å². The van der Waals surface area contributed by atoms with Crippen LogP contribution in [0, 0.1) is 6.92 Å². The van der Waals surface area contributed by atoms with Crippen LogP contribution in [0.3, 0.4) is 0 Å². The molecule has 0 radical (unpaired) electrons. The van der Waals surface area contributed by atoms with E-state index in [-0.39, 0.29) is 0 Å². The topological polar surface area (TPSA) is 63.6 Å². The van der Waals surface area contributed by atoms with Crippen LogP contribution in [0.5, 0.6) is 0 Å². The predicted octanol–water partition coefficient (Wildman–Crippen LogP) is 3.70. The minimum absolute atomic E-state index is 0.494. The van der Waals surface area contributed by atoms with Crippen molar-refractivity contribution in [3.05, 3.63) is 46.8 Å². The van der Waals surface area contributed by atoms with Crippen molar-refractivity contribution in [2.75, 3.05) is 5.32 Å². The Hall–Kier alpha value is -2.05. The maximum Gasteiger partial charge on any atom is 0.227 e. The van der Waals surface area contributed by atoms with Gasteiger partial charge in [0.15, 0.2) is 0 Å². The van der Waals surface area contributed by atoms with Crippen molar-refractivity contribution in [3.8, 4) is 10.7 Å². The van der Waals surface area contributed by atoms with Crippen LogP contribution >= 0.6 is 22.9 Å². The monoisotopic (exact) mass is 303 g/mol. The third kappa shape index (κ3) is 2.76. The Morgan fingerprint density at radius 1 is 1.20 bits per heavy atom. The van der Waals surface area contributed by atoms with E-state index in [1.807, 2.05) is 24.4 Å². The van der Waals surface area contributed by atoms with E-state index in [0.717, 1.165) is 22.0 Å². The molecule has 7 heteroatoms. The zero-order valence-corrected chi connectivity index (χ0v) is 12.1. The van der Waals surface area contributed by atoms with Gasteiger partial charge in [-0.05, 0) is 24.6 Å². The normalized spacial score (nSPS) is 10.5. The van der Waals surface area contributed by atoms with Crippen molar-refractivity contribution in [1.82, 2.24) is 19.9 Å². The van der Waals surface area contributed by atoms with Gasteiger partial charge in [-0.3, -0.25) is 0 Å². The number of aryl methyl sites for hydroxylation is 1. The second-order valence-electron chi connectivity index (χ2n) is 4.06. The number of nitrogens with one attached hydrogen (secondary N) is 1. The van der Waals surface area contributed by atoms with Crippen molar-refractivity contribution >= 4 is 34.6 Å². The number of anilines is 2. The summed E-state index contributed by atoms with van der Waals surface area (Å²) in [5.41, 5.74) is 2.48. The number of rotatable bonds is 3. The van der Waals surface area contributed by atoms with Crippen LogP contribution in [0.25, 0.3) is 10.7 Å². The zero-order valence-electron chi connectivity index (χ0n) is 10.5. The van der Waals surface area contributed by atoms with Crippen molar-refractivity contribution in [3.63, 3.8) is 0 Å². The molecule has 0 spiro atoms. The minimum atomic E-state index is 0.494. The summed E-state index contributed by atoms with van der Waals surface area (Å²) in [4.78, 5) is 16.9. The van der Waals surface area contributed by atoms with E-state index < -0.39 is 0 Å². The molecule has 0 aliphatic heterocycles. The van der Waals surface area contributed by atoms with Gasteiger partial charge in [-0.1, -0.05) is 11.6 Å². The molecular weight excluding hydrogens is 294 g/mol. The highest BCUT2D eigenvalue weighted by Gasteiger charge is 2.05. The molecule has 0 fully saturated rings. The van der Waals surface area contributed by atoms with E-state index in [1.165, 1.54) is 11.3 Å². The van der Waals surface area contributed by atoms with Gasteiger partial charge in [-0.2, -0.15) is 0 Å². The van der Waals surface area contributed by atoms with Gasteiger partial charge in [0.05, 0.1) is 11.9 Å². The molecule has 5 nitrogen and oxygen atoms in total. The minimum Gasteiger partial charge on any atom is -0.323 e. The van der Waals surface area contributed by atoms with Gasteiger partial charge in [0, 0.05) is 17.8 Å². The maximum atomic E-state index is 5.90. The van der Waals surface area contributed by atoms with Gasteiger partial charge in [0.1, 0.15) is 15.9 Å². The van der Waals surface area contributed by atoms with Crippen LogP contribution in [-0.4, -0.2) is 19.9 Å². The van der Waals surface area contributed by atoms with Gasteiger partial charge in [-0.15, -0.1) is 11.3 Å². The Bertz CT molecular complexity index is 729. The summed E-state index contributed by atoms with van der Waals surface area (Å²) >= 11 is 7.44. The molecule has 0 saturated heterocycles. The van der Waals surface area contributed by atoms with Crippen molar-refractivity contribution < 1.29 is 0 Å². The van der Waals surface area contributed by atoms with Crippen LogP contribution in [0.2, 0.25) is 5.15 Å². The van der Waals surface area contributed by atoms with Gasteiger partial charge >= 0.3 is 0 Å². The Labute approximate surface area is 124 Å². The largest absolute Gasteiger partial charge is 0.323 e. The van der Waals surface area contributed by atoms with E-state index in [1.54, 1.807) is 18.6 Å². The van der Waals surface area contributed by atoms with Crippen molar-refractivity contribution in [1.29, 1.82) is 0 Å². The molecule has 20 heavy (non-hydrogen) atoms. The molecule has 3 heterocycles. The van der Waals surface area contributed by atoms with Crippen LogP contribution < -0.4 is 5.32 Å². The Balaban J connectivity index is 1.87.